The van der Waals surface area contributed by atoms with E-state index in [-0.39, 0.29) is 5.91 Å². The van der Waals surface area contributed by atoms with Crippen LogP contribution in [0.3, 0.4) is 0 Å². The van der Waals surface area contributed by atoms with E-state index in [1.165, 1.54) is 19.3 Å². The molecule has 0 radical (unpaired) electrons. The highest BCUT2D eigenvalue weighted by molar-refractivity contribution is 6.02. The Morgan fingerprint density at radius 3 is 2.86 bits per heavy atom. The van der Waals surface area contributed by atoms with Crippen LogP contribution in [0.25, 0.3) is 10.8 Å². The summed E-state index contributed by atoms with van der Waals surface area (Å²) in [7, 11) is 0. The van der Waals surface area contributed by atoms with Gasteiger partial charge in [-0.15, -0.1) is 0 Å². The van der Waals surface area contributed by atoms with Gasteiger partial charge < -0.3 is 10.2 Å². The van der Waals surface area contributed by atoms with Gasteiger partial charge in [0.15, 0.2) is 0 Å². The number of fused-ring (bicyclic) bond motifs is 1. The molecule has 1 unspecified atom stereocenters. The molecule has 3 rings (SSSR count). The van der Waals surface area contributed by atoms with Crippen LogP contribution in [0.1, 0.15) is 32.6 Å². The molecule has 116 valence electrons. The Morgan fingerprint density at radius 1 is 1.18 bits per heavy atom. The molecule has 2 aromatic carbocycles. The lowest BCUT2D eigenvalue weighted by Gasteiger charge is -2.33. The molecular formula is C19H24N2O. The molecule has 1 heterocycles. The van der Waals surface area contributed by atoms with E-state index in [9.17, 15) is 4.79 Å². The van der Waals surface area contributed by atoms with Crippen LogP contribution in [0.5, 0.6) is 0 Å². The minimum Gasteiger partial charge on any atom is -0.325 e. The number of likely N-dealkylation sites (tertiary alicyclic amines) is 1. The summed E-state index contributed by atoms with van der Waals surface area (Å²) in [6.07, 6.45) is 4.40. The van der Waals surface area contributed by atoms with Crippen molar-refractivity contribution < 1.29 is 4.79 Å². The second kappa shape index (κ2) is 6.93. The number of benzene rings is 2. The van der Waals surface area contributed by atoms with Crippen LogP contribution in [-0.2, 0) is 4.79 Å². The molecule has 1 aliphatic heterocycles. The number of carbonyl (C=O) groups is 1. The predicted molar refractivity (Wildman–Crippen MR) is 92.1 cm³/mol. The van der Waals surface area contributed by atoms with E-state index in [2.05, 4.69) is 35.3 Å². The van der Waals surface area contributed by atoms with Crippen molar-refractivity contribution in [1.82, 2.24) is 4.90 Å². The number of rotatable bonds is 4. The third-order valence-corrected chi connectivity index (χ3v) is 4.63. The maximum Gasteiger partial charge on any atom is 0.225 e. The molecule has 0 aliphatic carbocycles. The molecule has 0 aromatic heterocycles. The number of hydrogen-bond donors (Lipinski definition) is 1. The number of carbonyl (C=O) groups excluding carboxylic acids is 1. The fourth-order valence-electron chi connectivity index (χ4n) is 3.28. The first-order valence-corrected chi connectivity index (χ1v) is 8.26. The minimum absolute atomic E-state index is 0.106. The first kappa shape index (κ1) is 15.0. The van der Waals surface area contributed by atoms with Crippen LogP contribution in [0, 0.1) is 0 Å². The van der Waals surface area contributed by atoms with Gasteiger partial charge in [-0.05, 0) is 37.8 Å². The Kier molecular flexibility index (Phi) is 4.74. The molecule has 1 N–H and O–H groups in total. The van der Waals surface area contributed by atoms with Gasteiger partial charge in [-0.2, -0.15) is 0 Å². The molecule has 1 atom stereocenters. The summed E-state index contributed by atoms with van der Waals surface area (Å²) in [4.78, 5) is 14.7. The zero-order chi connectivity index (χ0) is 15.4. The summed E-state index contributed by atoms with van der Waals surface area (Å²) >= 11 is 0. The molecule has 1 fully saturated rings. The van der Waals surface area contributed by atoms with E-state index < -0.39 is 0 Å². The highest BCUT2D eigenvalue weighted by atomic mass is 16.1. The highest BCUT2D eigenvalue weighted by Gasteiger charge is 2.18. The van der Waals surface area contributed by atoms with Crippen molar-refractivity contribution in [2.45, 2.75) is 38.6 Å². The van der Waals surface area contributed by atoms with Crippen LogP contribution in [-0.4, -0.2) is 29.9 Å². The van der Waals surface area contributed by atoms with Gasteiger partial charge >= 0.3 is 0 Å². The third kappa shape index (κ3) is 3.47. The molecule has 0 saturated carbocycles. The Bertz CT molecular complexity index is 647. The maximum atomic E-state index is 12.3. The third-order valence-electron chi connectivity index (χ3n) is 4.63. The number of nitrogens with one attached hydrogen (secondary N) is 1. The largest absolute Gasteiger partial charge is 0.325 e. The number of anilines is 1. The van der Waals surface area contributed by atoms with Gasteiger partial charge in [0, 0.05) is 30.1 Å². The average molecular weight is 296 g/mol. The van der Waals surface area contributed by atoms with Crippen LogP contribution < -0.4 is 5.32 Å². The van der Waals surface area contributed by atoms with Gasteiger partial charge in [0.25, 0.3) is 0 Å². The zero-order valence-corrected chi connectivity index (χ0v) is 13.2. The predicted octanol–water partition coefficient (Wildman–Crippen LogP) is 4.04. The Hall–Kier alpha value is -1.87. The number of piperidine rings is 1. The molecule has 1 amide bonds. The molecule has 0 bridgehead atoms. The van der Waals surface area contributed by atoms with Crippen molar-refractivity contribution >= 4 is 22.4 Å². The molecule has 3 nitrogen and oxygen atoms in total. The van der Waals surface area contributed by atoms with Gasteiger partial charge in [0.1, 0.15) is 0 Å². The van der Waals surface area contributed by atoms with E-state index in [1.54, 1.807) is 0 Å². The molecule has 22 heavy (non-hydrogen) atoms. The summed E-state index contributed by atoms with van der Waals surface area (Å²) < 4.78 is 0. The van der Waals surface area contributed by atoms with Gasteiger partial charge in [0.2, 0.25) is 5.91 Å². The Labute approximate surface area is 132 Å². The Morgan fingerprint density at radius 2 is 2.00 bits per heavy atom. The van der Waals surface area contributed by atoms with E-state index in [0.29, 0.717) is 12.5 Å². The van der Waals surface area contributed by atoms with E-state index in [1.807, 2.05) is 24.3 Å². The normalized spacial score (nSPS) is 19.2. The molecule has 0 spiro atoms. The molecule has 1 aliphatic rings. The maximum absolute atomic E-state index is 12.3. The topological polar surface area (TPSA) is 32.3 Å². The second-order valence-corrected chi connectivity index (χ2v) is 6.21. The Balaban J connectivity index is 1.61. The molecule has 2 aromatic rings. The summed E-state index contributed by atoms with van der Waals surface area (Å²) in [5, 5.41) is 5.33. The van der Waals surface area contributed by atoms with Crippen molar-refractivity contribution in [1.29, 1.82) is 0 Å². The summed E-state index contributed by atoms with van der Waals surface area (Å²) in [5.74, 6) is 0.106. The lowest BCUT2D eigenvalue weighted by Crippen LogP contribution is -2.39. The number of nitrogens with zero attached hydrogens (tertiary/aromatic N) is 1. The average Bonchev–Trinajstić information content (AvgIpc) is 2.54. The first-order valence-electron chi connectivity index (χ1n) is 8.26. The highest BCUT2D eigenvalue weighted by Crippen LogP contribution is 2.23. The van der Waals surface area contributed by atoms with Gasteiger partial charge in [-0.3, -0.25) is 4.79 Å². The van der Waals surface area contributed by atoms with Gasteiger partial charge in [-0.25, -0.2) is 0 Å². The summed E-state index contributed by atoms with van der Waals surface area (Å²) in [6, 6.07) is 14.8. The summed E-state index contributed by atoms with van der Waals surface area (Å²) in [6.45, 7) is 4.25. The van der Waals surface area contributed by atoms with Crippen molar-refractivity contribution in [2.75, 3.05) is 18.4 Å². The van der Waals surface area contributed by atoms with Crippen molar-refractivity contribution in [3.63, 3.8) is 0 Å². The molecular weight excluding hydrogens is 272 g/mol. The lowest BCUT2D eigenvalue weighted by atomic mass is 10.0. The number of hydrogen-bond acceptors (Lipinski definition) is 2. The molecule has 3 heteroatoms. The SMILES string of the molecule is CC1CCCCN1CCC(=O)Nc1cccc2ccccc12. The molecule has 1 saturated heterocycles. The van der Waals surface area contributed by atoms with Crippen LogP contribution in [0.2, 0.25) is 0 Å². The lowest BCUT2D eigenvalue weighted by molar-refractivity contribution is -0.116. The standard InChI is InChI=1S/C19H24N2O/c1-15-7-4-5-13-21(15)14-12-19(22)20-18-11-6-9-16-8-2-3-10-17(16)18/h2-3,6,8-11,15H,4-5,7,12-14H2,1H3,(H,20,22). The van der Waals surface area contributed by atoms with Gasteiger partial charge in [-0.1, -0.05) is 42.8 Å². The fourth-order valence-corrected chi connectivity index (χ4v) is 3.28. The van der Waals surface area contributed by atoms with Crippen molar-refractivity contribution in [3.8, 4) is 0 Å². The smallest absolute Gasteiger partial charge is 0.225 e. The minimum atomic E-state index is 0.106. The van der Waals surface area contributed by atoms with Gasteiger partial charge in [0.05, 0.1) is 0 Å². The zero-order valence-electron chi connectivity index (χ0n) is 13.2. The summed E-state index contributed by atoms with van der Waals surface area (Å²) in [5.41, 5.74) is 0.912. The van der Waals surface area contributed by atoms with Crippen LogP contribution >= 0.6 is 0 Å². The second-order valence-electron chi connectivity index (χ2n) is 6.21. The van der Waals surface area contributed by atoms with E-state index in [0.717, 1.165) is 29.5 Å². The number of amides is 1. The van der Waals surface area contributed by atoms with Crippen LogP contribution in [0.4, 0.5) is 5.69 Å². The van der Waals surface area contributed by atoms with Crippen molar-refractivity contribution in [2.24, 2.45) is 0 Å². The fraction of sp³-hybridized carbons (Fsp3) is 0.421. The monoisotopic (exact) mass is 296 g/mol. The quantitative estimate of drug-likeness (QED) is 0.923. The first-order chi connectivity index (χ1) is 10.7. The van der Waals surface area contributed by atoms with E-state index in [4.69, 9.17) is 0 Å². The van der Waals surface area contributed by atoms with Crippen molar-refractivity contribution in [3.05, 3.63) is 42.5 Å². The van der Waals surface area contributed by atoms with E-state index >= 15 is 0 Å². The van der Waals surface area contributed by atoms with Crippen LogP contribution in [0.15, 0.2) is 42.5 Å².